The summed E-state index contributed by atoms with van der Waals surface area (Å²) in [4.78, 5) is 4.06. The van der Waals surface area contributed by atoms with Gasteiger partial charge in [-0.3, -0.25) is 4.68 Å². The standard InChI is InChI=1S/C6H8N6S/c1-12-3-8-5(11-12)2-7-6-10-9-4-13-6/h3-4H,2H2,1H3,(H,7,10). The van der Waals surface area contributed by atoms with Gasteiger partial charge in [-0.05, 0) is 0 Å². The van der Waals surface area contributed by atoms with Gasteiger partial charge in [0.1, 0.15) is 11.8 Å². The molecule has 0 aliphatic carbocycles. The molecule has 0 saturated carbocycles. The van der Waals surface area contributed by atoms with E-state index in [0.717, 1.165) is 11.0 Å². The summed E-state index contributed by atoms with van der Waals surface area (Å²) < 4.78 is 1.66. The zero-order valence-electron chi connectivity index (χ0n) is 7.01. The molecule has 0 spiro atoms. The van der Waals surface area contributed by atoms with Crippen molar-refractivity contribution in [1.82, 2.24) is 25.0 Å². The van der Waals surface area contributed by atoms with Crippen LogP contribution in [0.15, 0.2) is 11.8 Å². The average Bonchev–Trinajstić information content (AvgIpc) is 2.71. The molecule has 68 valence electrons. The number of rotatable bonds is 3. The van der Waals surface area contributed by atoms with Crippen LogP contribution in [0.3, 0.4) is 0 Å². The van der Waals surface area contributed by atoms with Crippen molar-refractivity contribution in [3.8, 4) is 0 Å². The number of hydrogen-bond acceptors (Lipinski definition) is 6. The minimum atomic E-state index is 0.579. The van der Waals surface area contributed by atoms with E-state index >= 15 is 0 Å². The van der Waals surface area contributed by atoms with Gasteiger partial charge in [0, 0.05) is 7.05 Å². The third-order valence-electron chi connectivity index (χ3n) is 1.40. The summed E-state index contributed by atoms with van der Waals surface area (Å²) in [7, 11) is 1.83. The van der Waals surface area contributed by atoms with E-state index in [1.165, 1.54) is 11.3 Å². The zero-order chi connectivity index (χ0) is 9.10. The van der Waals surface area contributed by atoms with Crippen molar-refractivity contribution in [3.63, 3.8) is 0 Å². The Bertz CT molecular complexity index is 366. The van der Waals surface area contributed by atoms with Crippen molar-refractivity contribution in [2.45, 2.75) is 6.54 Å². The predicted molar refractivity (Wildman–Crippen MR) is 48.2 cm³/mol. The van der Waals surface area contributed by atoms with Crippen LogP contribution in [-0.4, -0.2) is 25.0 Å². The summed E-state index contributed by atoms with van der Waals surface area (Å²) in [6.07, 6.45) is 1.66. The fourth-order valence-electron chi connectivity index (χ4n) is 0.870. The van der Waals surface area contributed by atoms with Crippen LogP contribution in [0.25, 0.3) is 0 Å². The quantitative estimate of drug-likeness (QED) is 0.763. The number of nitrogens with zero attached hydrogens (tertiary/aromatic N) is 5. The maximum atomic E-state index is 4.11. The molecule has 0 radical (unpaired) electrons. The second-order valence-electron chi connectivity index (χ2n) is 2.43. The molecule has 2 heterocycles. The number of aromatic nitrogens is 5. The van der Waals surface area contributed by atoms with Crippen molar-refractivity contribution in [2.24, 2.45) is 7.05 Å². The SMILES string of the molecule is Cn1cnc(CNc2nncs2)n1. The smallest absolute Gasteiger partial charge is 0.205 e. The molecule has 0 atom stereocenters. The summed E-state index contributed by atoms with van der Waals surface area (Å²) in [5.74, 6) is 0.748. The summed E-state index contributed by atoms with van der Waals surface area (Å²) in [6, 6.07) is 0. The van der Waals surface area contributed by atoms with Crippen LogP contribution in [0.2, 0.25) is 0 Å². The number of hydrogen-bond donors (Lipinski definition) is 1. The van der Waals surface area contributed by atoms with Gasteiger partial charge < -0.3 is 5.32 Å². The monoisotopic (exact) mass is 196 g/mol. The Balaban J connectivity index is 1.93. The lowest BCUT2D eigenvalue weighted by Gasteiger charge is -1.95. The van der Waals surface area contributed by atoms with E-state index in [2.05, 4.69) is 25.6 Å². The van der Waals surface area contributed by atoms with Crippen LogP contribution in [0.4, 0.5) is 5.13 Å². The molecule has 0 aliphatic rings. The Hall–Kier alpha value is -1.50. The highest BCUT2D eigenvalue weighted by molar-refractivity contribution is 7.13. The third-order valence-corrected chi connectivity index (χ3v) is 2.05. The van der Waals surface area contributed by atoms with Gasteiger partial charge in [-0.1, -0.05) is 11.3 Å². The molecule has 13 heavy (non-hydrogen) atoms. The molecular weight excluding hydrogens is 188 g/mol. The molecule has 7 heteroatoms. The van der Waals surface area contributed by atoms with E-state index in [9.17, 15) is 0 Å². The molecule has 0 amide bonds. The first-order chi connectivity index (χ1) is 6.34. The largest absolute Gasteiger partial charge is 0.353 e. The van der Waals surface area contributed by atoms with E-state index < -0.39 is 0 Å². The first kappa shape index (κ1) is 8.11. The van der Waals surface area contributed by atoms with Crippen LogP contribution >= 0.6 is 11.3 Å². The number of anilines is 1. The Kier molecular flexibility index (Phi) is 2.17. The molecule has 2 aromatic heterocycles. The first-order valence-corrected chi connectivity index (χ1v) is 4.57. The average molecular weight is 196 g/mol. The highest BCUT2D eigenvalue weighted by atomic mass is 32.1. The molecule has 2 rings (SSSR count). The van der Waals surface area contributed by atoms with Crippen LogP contribution in [0.5, 0.6) is 0 Å². The van der Waals surface area contributed by atoms with Crippen LogP contribution in [0, 0.1) is 0 Å². The third kappa shape index (κ3) is 2.00. The fraction of sp³-hybridized carbons (Fsp3) is 0.333. The predicted octanol–water partition coefficient (Wildman–Crippen LogP) is 0.279. The van der Waals surface area contributed by atoms with Gasteiger partial charge in [-0.25, -0.2) is 4.98 Å². The van der Waals surface area contributed by atoms with E-state index in [4.69, 9.17) is 0 Å². The minimum Gasteiger partial charge on any atom is -0.353 e. The van der Waals surface area contributed by atoms with Crippen LogP contribution in [-0.2, 0) is 13.6 Å². The van der Waals surface area contributed by atoms with Crippen molar-refractivity contribution >= 4 is 16.5 Å². The molecule has 1 N–H and O–H groups in total. The molecule has 6 nitrogen and oxygen atoms in total. The van der Waals surface area contributed by atoms with E-state index in [1.54, 1.807) is 16.5 Å². The van der Waals surface area contributed by atoms with E-state index in [-0.39, 0.29) is 0 Å². The molecule has 0 aliphatic heterocycles. The highest BCUT2D eigenvalue weighted by Gasteiger charge is 1.99. The van der Waals surface area contributed by atoms with Gasteiger partial charge in [0.15, 0.2) is 5.82 Å². The second kappa shape index (κ2) is 3.48. The van der Waals surface area contributed by atoms with Crippen molar-refractivity contribution in [3.05, 3.63) is 17.7 Å². The van der Waals surface area contributed by atoms with Gasteiger partial charge in [0.2, 0.25) is 5.13 Å². The summed E-state index contributed by atoms with van der Waals surface area (Å²) >= 11 is 1.45. The summed E-state index contributed by atoms with van der Waals surface area (Å²) in [5, 5.41) is 15.5. The molecular formula is C6H8N6S. The van der Waals surface area contributed by atoms with Gasteiger partial charge >= 0.3 is 0 Å². The Morgan fingerprint density at radius 3 is 3.15 bits per heavy atom. The van der Waals surface area contributed by atoms with Crippen LogP contribution in [0.1, 0.15) is 5.82 Å². The van der Waals surface area contributed by atoms with Gasteiger partial charge in [-0.15, -0.1) is 10.2 Å². The Morgan fingerprint density at radius 1 is 1.62 bits per heavy atom. The molecule has 0 saturated heterocycles. The zero-order valence-corrected chi connectivity index (χ0v) is 7.82. The Morgan fingerprint density at radius 2 is 2.54 bits per heavy atom. The lowest BCUT2D eigenvalue weighted by Crippen LogP contribution is -2.01. The second-order valence-corrected chi connectivity index (χ2v) is 3.27. The first-order valence-electron chi connectivity index (χ1n) is 3.69. The maximum Gasteiger partial charge on any atom is 0.205 e. The topological polar surface area (TPSA) is 68.5 Å². The lowest BCUT2D eigenvalue weighted by molar-refractivity contribution is 0.747. The molecule has 0 unspecified atom stereocenters. The normalized spacial score (nSPS) is 10.2. The summed E-state index contributed by atoms with van der Waals surface area (Å²) in [6.45, 7) is 0.579. The Labute approximate surface area is 78.6 Å². The van der Waals surface area contributed by atoms with Gasteiger partial charge in [0.05, 0.1) is 6.54 Å². The van der Waals surface area contributed by atoms with E-state index in [0.29, 0.717) is 6.54 Å². The number of aryl methyl sites for hydroxylation is 1. The summed E-state index contributed by atoms with van der Waals surface area (Å²) in [5.41, 5.74) is 1.67. The van der Waals surface area contributed by atoms with Crippen molar-refractivity contribution in [2.75, 3.05) is 5.32 Å². The molecule has 0 aromatic carbocycles. The fourth-order valence-corrected chi connectivity index (χ4v) is 1.31. The van der Waals surface area contributed by atoms with Gasteiger partial charge in [0.25, 0.3) is 0 Å². The van der Waals surface area contributed by atoms with Crippen molar-refractivity contribution < 1.29 is 0 Å². The van der Waals surface area contributed by atoms with Gasteiger partial charge in [-0.2, -0.15) is 5.10 Å². The van der Waals surface area contributed by atoms with Crippen LogP contribution < -0.4 is 5.32 Å². The van der Waals surface area contributed by atoms with Crippen molar-refractivity contribution in [1.29, 1.82) is 0 Å². The molecule has 0 bridgehead atoms. The van der Waals surface area contributed by atoms with E-state index in [1.807, 2.05) is 7.05 Å². The maximum absolute atomic E-state index is 4.11. The molecule has 2 aromatic rings. The lowest BCUT2D eigenvalue weighted by atomic mass is 10.6. The highest BCUT2D eigenvalue weighted by Crippen LogP contribution is 2.08. The molecule has 0 fully saturated rings. The minimum absolute atomic E-state index is 0.579. The number of nitrogens with one attached hydrogen (secondary N) is 1.